The molecule has 0 saturated carbocycles. The second kappa shape index (κ2) is 7.52. The number of rotatable bonds is 3. The lowest BCUT2D eigenvalue weighted by atomic mass is 10.0. The maximum absolute atomic E-state index is 13.0. The molecule has 2 amide bonds. The van der Waals surface area contributed by atoms with Crippen LogP contribution in [-0.4, -0.2) is 18.4 Å². The fraction of sp³-hybridized carbons (Fsp3) is 0.120. The molecule has 3 aromatic carbocycles. The number of nitrogens with zero attached hydrogens (tertiary/aromatic N) is 1. The summed E-state index contributed by atoms with van der Waals surface area (Å²) in [7, 11) is 0. The number of hydrogen-bond acceptors (Lipinski definition) is 3. The molecule has 5 heteroatoms. The van der Waals surface area contributed by atoms with E-state index in [2.05, 4.69) is 5.32 Å². The van der Waals surface area contributed by atoms with E-state index >= 15 is 0 Å². The van der Waals surface area contributed by atoms with Gasteiger partial charge in [0.15, 0.2) is 5.76 Å². The van der Waals surface area contributed by atoms with Crippen LogP contribution in [0.25, 0.3) is 10.8 Å². The van der Waals surface area contributed by atoms with Crippen molar-refractivity contribution in [3.63, 3.8) is 0 Å². The van der Waals surface area contributed by atoms with Crippen LogP contribution in [-0.2, 0) is 6.42 Å². The van der Waals surface area contributed by atoms with Crippen molar-refractivity contribution in [1.29, 1.82) is 0 Å². The summed E-state index contributed by atoms with van der Waals surface area (Å²) in [6.07, 6.45) is 3.29. The molecule has 30 heavy (non-hydrogen) atoms. The smallest absolute Gasteiger partial charge is 0.293 e. The molecule has 0 unspecified atom stereocenters. The zero-order valence-electron chi connectivity index (χ0n) is 16.3. The van der Waals surface area contributed by atoms with Gasteiger partial charge < -0.3 is 14.6 Å². The van der Waals surface area contributed by atoms with Gasteiger partial charge >= 0.3 is 0 Å². The second-order valence-corrected chi connectivity index (χ2v) is 7.36. The van der Waals surface area contributed by atoms with Gasteiger partial charge in [0.05, 0.1) is 6.26 Å². The van der Waals surface area contributed by atoms with Crippen LogP contribution >= 0.6 is 0 Å². The molecule has 0 spiro atoms. The van der Waals surface area contributed by atoms with Crippen molar-refractivity contribution in [2.45, 2.75) is 12.8 Å². The molecule has 1 aromatic heterocycles. The minimum atomic E-state index is -0.175. The highest BCUT2D eigenvalue weighted by Gasteiger charge is 2.25. The van der Waals surface area contributed by atoms with E-state index in [9.17, 15) is 9.59 Å². The number of aryl methyl sites for hydroxylation is 1. The van der Waals surface area contributed by atoms with Gasteiger partial charge in [-0.25, -0.2) is 0 Å². The van der Waals surface area contributed by atoms with Gasteiger partial charge in [-0.1, -0.05) is 42.5 Å². The fourth-order valence-electron chi connectivity index (χ4n) is 4.02. The van der Waals surface area contributed by atoms with E-state index in [-0.39, 0.29) is 11.8 Å². The quantitative estimate of drug-likeness (QED) is 0.513. The van der Waals surface area contributed by atoms with Crippen molar-refractivity contribution in [3.8, 4) is 0 Å². The van der Waals surface area contributed by atoms with Crippen molar-refractivity contribution in [2.75, 3.05) is 16.8 Å². The Morgan fingerprint density at radius 3 is 2.67 bits per heavy atom. The van der Waals surface area contributed by atoms with Crippen LogP contribution in [0.5, 0.6) is 0 Å². The van der Waals surface area contributed by atoms with Crippen LogP contribution in [0.15, 0.2) is 83.5 Å². The van der Waals surface area contributed by atoms with Crippen LogP contribution in [0.4, 0.5) is 11.4 Å². The molecule has 1 aliphatic heterocycles. The summed E-state index contributed by atoms with van der Waals surface area (Å²) in [5, 5.41) is 4.92. The third-order valence-electron chi connectivity index (χ3n) is 5.47. The number of carbonyl (C=O) groups excluding carboxylic acids is 2. The first kappa shape index (κ1) is 18.2. The summed E-state index contributed by atoms with van der Waals surface area (Å²) in [5.41, 5.74) is 3.18. The number of anilines is 2. The number of fused-ring (bicyclic) bond motifs is 2. The number of hydrogen-bond donors (Lipinski definition) is 1. The third-order valence-corrected chi connectivity index (χ3v) is 5.47. The average Bonchev–Trinajstić information content (AvgIpc) is 3.33. The molecule has 2 heterocycles. The Balaban J connectivity index is 1.46. The summed E-state index contributed by atoms with van der Waals surface area (Å²) in [6.45, 7) is 0.618. The minimum absolute atomic E-state index is 0.168. The van der Waals surface area contributed by atoms with Gasteiger partial charge in [0.25, 0.3) is 11.8 Å². The van der Waals surface area contributed by atoms with Crippen molar-refractivity contribution in [3.05, 3.63) is 95.9 Å². The Bertz CT molecular complexity index is 1240. The summed E-state index contributed by atoms with van der Waals surface area (Å²) in [4.78, 5) is 27.6. The maximum atomic E-state index is 13.0. The maximum Gasteiger partial charge on any atom is 0.293 e. The number of benzene rings is 3. The molecule has 148 valence electrons. The number of amides is 2. The molecule has 0 saturated heterocycles. The van der Waals surface area contributed by atoms with Crippen molar-refractivity contribution < 1.29 is 14.0 Å². The molecular weight excluding hydrogens is 376 g/mol. The van der Waals surface area contributed by atoms with E-state index < -0.39 is 0 Å². The van der Waals surface area contributed by atoms with Gasteiger partial charge in [0.2, 0.25) is 0 Å². The first-order valence-electron chi connectivity index (χ1n) is 9.98. The Labute approximate surface area is 173 Å². The van der Waals surface area contributed by atoms with Gasteiger partial charge in [-0.2, -0.15) is 0 Å². The normalized spacial score (nSPS) is 13.1. The first-order valence-corrected chi connectivity index (χ1v) is 9.98. The van der Waals surface area contributed by atoms with E-state index in [1.807, 2.05) is 60.7 Å². The molecule has 0 fully saturated rings. The number of carbonyl (C=O) groups is 2. The monoisotopic (exact) mass is 396 g/mol. The van der Waals surface area contributed by atoms with Crippen LogP contribution in [0.3, 0.4) is 0 Å². The summed E-state index contributed by atoms with van der Waals surface area (Å²) >= 11 is 0. The molecule has 0 aliphatic carbocycles. The van der Waals surface area contributed by atoms with Gasteiger partial charge in [0.1, 0.15) is 0 Å². The highest BCUT2D eigenvalue weighted by atomic mass is 16.3. The Hall–Kier alpha value is -3.86. The molecule has 0 bridgehead atoms. The van der Waals surface area contributed by atoms with Crippen molar-refractivity contribution in [1.82, 2.24) is 0 Å². The zero-order chi connectivity index (χ0) is 20.5. The molecule has 5 rings (SSSR count). The predicted molar refractivity (Wildman–Crippen MR) is 117 cm³/mol. The van der Waals surface area contributed by atoms with Crippen LogP contribution in [0.1, 0.15) is 32.9 Å². The van der Waals surface area contributed by atoms with Gasteiger partial charge in [-0.3, -0.25) is 9.59 Å². The topological polar surface area (TPSA) is 62.6 Å². The van der Waals surface area contributed by atoms with E-state index in [4.69, 9.17) is 4.42 Å². The molecular formula is C25H20N2O3. The van der Waals surface area contributed by atoms with Crippen molar-refractivity contribution in [2.24, 2.45) is 0 Å². The van der Waals surface area contributed by atoms with Gasteiger partial charge in [-0.15, -0.1) is 0 Å². The fourth-order valence-corrected chi connectivity index (χ4v) is 4.02. The standard InChI is InChI=1S/C25H20N2O3/c28-24(21-10-3-7-17-6-1-2-9-20(17)21)26-19-13-12-18-8-4-14-27(22(18)16-19)25(29)23-11-5-15-30-23/h1-3,5-7,9-13,15-16H,4,8,14H2,(H,26,28). The lowest BCUT2D eigenvalue weighted by Crippen LogP contribution is -2.35. The van der Waals surface area contributed by atoms with Crippen LogP contribution in [0, 0.1) is 0 Å². The Morgan fingerprint density at radius 2 is 1.80 bits per heavy atom. The highest BCUT2D eigenvalue weighted by molar-refractivity contribution is 6.13. The first-order chi connectivity index (χ1) is 14.7. The van der Waals surface area contributed by atoms with E-state index in [0.29, 0.717) is 23.6 Å². The molecule has 1 aliphatic rings. The van der Waals surface area contributed by atoms with Gasteiger partial charge in [0, 0.05) is 23.5 Å². The highest BCUT2D eigenvalue weighted by Crippen LogP contribution is 2.32. The minimum Gasteiger partial charge on any atom is -0.459 e. The largest absolute Gasteiger partial charge is 0.459 e. The zero-order valence-corrected chi connectivity index (χ0v) is 16.3. The summed E-state index contributed by atoms with van der Waals surface area (Å²) < 4.78 is 5.30. The summed E-state index contributed by atoms with van der Waals surface area (Å²) in [6, 6.07) is 22.6. The Morgan fingerprint density at radius 1 is 0.933 bits per heavy atom. The molecule has 1 N–H and O–H groups in total. The lowest BCUT2D eigenvalue weighted by Gasteiger charge is -2.29. The second-order valence-electron chi connectivity index (χ2n) is 7.36. The Kier molecular flexibility index (Phi) is 4.56. The molecule has 4 aromatic rings. The predicted octanol–water partition coefficient (Wildman–Crippen LogP) is 5.28. The molecule has 0 atom stereocenters. The molecule has 5 nitrogen and oxygen atoms in total. The van der Waals surface area contributed by atoms with Crippen LogP contribution in [0.2, 0.25) is 0 Å². The van der Waals surface area contributed by atoms with Crippen molar-refractivity contribution >= 4 is 34.0 Å². The number of nitrogens with one attached hydrogen (secondary N) is 1. The van der Waals surface area contributed by atoms with E-state index in [1.165, 1.54) is 6.26 Å². The lowest BCUT2D eigenvalue weighted by molar-refractivity contribution is 0.0958. The van der Waals surface area contributed by atoms with E-state index in [0.717, 1.165) is 34.9 Å². The van der Waals surface area contributed by atoms with E-state index in [1.54, 1.807) is 17.0 Å². The van der Waals surface area contributed by atoms with Gasteiger partial charge in [-0.05, 0) is 59.5 Å². The van der Waals surface area contributed by atoms with Crippen LogP contribution < -0.4 is 10.2 Å². The third kappa shape index (κ3) is 3.24. The average molecular weight is 396 g/mol. The SMILES string of the molecule is O=C(Nc1ccc2c(c1)N(C(=O)c1ccco1)CCC2)c1cccc2ccccc12. The summed E-state index contributed by atoms with van der Waals surface area (Å²) in [5.74, 6) is -0.0296. The molecule has 0 radical (unpaired) electrons. The number of furan rings is 1.